The number of hydroxylamine groups is 2. The molecule has 3 atom stereocenters. The van der Waals surface area contributed by atoms with E-state index in [1.165, 1.54) is 0 Å². The van der Waals surface area contributed by atoms with Crippen LogP contribution in [-0.2, 0) is 14.1 Å². The number of nitrogens with one attached hydrogen (secondary N) is 1. The number of hydrogen-bond donors (Lipinski definition) is 1. The van der Waals surface area contributed by atoms with E-state index in [4.69, 9.17) is 9.26 Å². The lowest BCUT2D eigenvalue weighted by atomic mass is 9.86. The molecule has 6 heteroatoms. The number of amides is 1. The lowest BCUT2D eigenvalue weighted by Gasteiger charge is -2.38. The van der Waals surface area contributed by atoms with Gasteiger partial charge in [-0.05, 0) is 18.1 Å². The highest BCUT2D eigenvalue weighted by Gasteiger charge is 2.64. The minimum atomic E-state index is -1.80. The molecule has 0 aliphatic carbocycles. The molecule has 114 valence electrons. The zero-order valence-corrected chi connectivity index (χ0v) is 14.2. The smallest absolute Gasteiger partial charge is 0.243 e. The Balaban J connectivity index is 1.76. The van der Waals surface area contributed by atoms with Crippen LogP contribution in [0.25, 0.3) is 0 Å². The second-order valence-electron chi connectivity index (χ2n) is 7.89. The normalized spacial score (nSPS) is 38.0. The quantitative estimate of drug-likeness (QED) is 0.785. The third-order valence-electron chi connectivity index (χ3n) is 5.63. The van der Waals surface area contributed by atoms with Gasteiger partial charge in [0.05, 0.1) is 19.3 Å². The first-order valence-electron chi connectivity index (χ1n) is 7.53. The van der Waals surface area contributed by atoms with Crippen LogP contribution in [0.5, 0.6) is 0 Å². The average Bonchev–Trinajstić information content (AvgIpc) is 2.88. The van der Waals surface area contributed by atoms with Crippen LogP contribution in [0, 0.1) is 5.92 Å². The molecule has 20 heavy (non-hydrogen) atoms. The first-order chi connectivity index (χ1) is 9.17. The summed E-state index contributed by atoms with van der Waals surface area (Å²) in [6, 6.07) is 0. The molecule has 3 saturated heterocycles. The summed E-state index contributed by atoms with van der Waals surface area (Å²) in [4.78, 5) is 18.0. The van der Waals surface area contributed by atoms with Gasteiger partial charge in [-0.2, -0.15) is 5.06 Å². The second-order valence-corrected chi connectivity index (χ2v) is 12.6. The van der Waals surface area contributed by atoms with Crippen LogP contribution in [0.3, 0.4) is 0 Å². The van der Waals surface area contributed by atoms with Gasteiger partial charge in [0.1, 0.15) is 5.54 Å². The van der Waals surface area contributed by atoms with Crippen molar-refractivity contribution >= 4 is 14.2 Å². The van der Waals surface area contributed by atoms with Gasteiger partial charge in [-0.25, -0.2) is 0 Å². The standard InChI is InChI=1S/C14H26N2O3Si/c1-13(2,3)20(4,5)19-11-6-14-10(7-15-12(14)17)9-18-16(14)8-11/h10-11H,6-9H2,1-5H3,(H,15,17)/t10-,11+,14+/m0/s1. The lowest BCUT2D eigenvalue weighted by molar-refractivity contribution is -0.161. The van der Waals surface area contributed by atoms with E-state index in [1.54, 1.807) is 0 Å². The Hall–Kier alpha value is -0.433. The van der Waals surface area contributed by atoms with Gasteiger partial charge >= 0.3 is 0 Å². The van der Waals surface area contributed by atoms with Gasteiger partial charge < -0.3 is 9.74 Å². The minimum absolute atomic E-state index is 0.113. The highest BCUT2D eigenvalue weighted by atomic mass is 28.4. The first-order valence-corrected chi connectivity index (χ1v) is 10.4. The van der Waals surface area contributed by atoms with Crippen LogP contribution in [0.4, 0.5) is 0 Å². The molecule has 3 heterocycles. The molecule has 3 fully saturated rings. The summed E-state index contributed by atoms with van der Waals surface area (Å²) in [6.07, 6.45) is 0.887. The summed E-state index contributed by atoms with van der Waals surface area (Å²) in [7, 11) is -1.80. The van der Waals surface area contributed by atoms with Crippen molar-refractivity contribution in [3.05, 3.63) is 0 Å². The Kier molecular flexibility index (Phi) is 3.11. The van der Waals surface area contributed by atoms with Crippen molar-refractivity contribution in [3.8, 4) is 0 Å². The van der Waals surface area contributed by atoms with Crippen molar-refractivity contribution < 1.29 is 14.1 Å². The molecule has 0 saturated carbocycles. The fourth-order valence-corrected chi connectivity index (χ4v) is 4.72. The molecular formula is C14H26N2O3Si. The fraction of sp³-hybridized carbons (Fsp3) is 0.929. The predicted molar refractivity (Wildman–Crippen MR) is 78.6 cm³/mol. The Morgan fingerprint density at radius 3 is 2.80 bits per heavy atom. The minimum Gasteiger partial charge on any atom is -0.412 e. The molecule has 5 nitrogen and oxygen atoms in total. The first kappa shape index (κ1) is 14.5. The van der Waals surface area contributed by atoms with Gasteiger partial charge in [-0.15, -0.1) is 0 Å². The Morgan fingerprint density at radius 2 is 2.15 bits per heavy atom. The van der Waals surface area contributed by atoms with Gasteiger partial charge in [0.15, 0.2) is 8.32 Å². The number of nitrogens with zero attached hydrogens (tertiary/aromatic N) is 1. The third-order valence-corrected chi connectivity index (χ3v) is 10.2. The van der Waals surface area contributed by atoms with E-state index >= 15 is 0 Å². The summed E-state index contributed by atoms with van der Waals surface area (Å²) in [5.74, 6) is 0.407. The molecule has 1 amide bonds. The van der Waals surface area contributed by atoms with Crippen molar-refractivity contribution in [1.82, 2.24) is 10.4 Å². The Morgan fingerprint density at radius 1 is 1.45 bits per heavy atom. The van der Waals surface area contributed by atoms with E-state index in [9.17, 15) is 4.79 Å². The van der Waals surface area contributed by atoms with Gasteiger partial charge in [-0.1, -0.05) is 20.8 Å². The molecule has 0 aromatic carbocycles. The molecular weight excluding hydrogens is 272 g/mol. The van der Waals surface area contributed by atoms with Crippen LogP contribution < -0.4 is 5.32 Å². The summed E-state index contributed by atoms with van der Waals surface area (Å²) in [5.41, 5.74) is -0.451. The van der Waals surface area contributed by atoms with Crippen LogP contribution >= 0.6 is 0 Å². The lowest BCUT2D eigenvalue weighted by Crippen LogP contribution is -2.48. The monoisotopic (exact) mass is 298 g/mol. The van der Waals surface area contributed by atoms with Crippen molar-refractivity contribution in [2.75, 3.05) is 19.7 Å². The number of rotatable bonds is 2. The zero-order valence-electron chi connectivity index (χ0n) is 13.2. The van der Waals surface area contributed by atoms with Crippen LogP contribution in [-0.4, -0.2) is 50.6 Å². The summed E-state index contributed by atoms with van der Waals surface area (Å²) in [6.45, 7) is 13.4. The molecule has 0 bridgehead atoms. The van der Waals surface area contributed by atoms with E-state index in [0.29, 0.717) is 6.61 Å². The maximum atomic E-state index is 12.3. The van der Waals surface area contributed by atoms with Crippen molar-refractivity contribution in [2.45, 2.75) is 57.0 Å². The average molecular weight is 298 g/mol. The SMILES string of the molecule is CC(C)(C)[Si](C)(C)O[C@H]1CN2OC[C@@H]3CNC(=O)[C@@]32C1. The van der Waals surface area contributed by atoms with E-state index in [2.05, 4.69) is 39.2 Å². The Bertz CT molecular complexity index is 435. The van der Waals surface area contributed by atoms with Crippen LogP contribution in [0.1, 0.15) is 27.2 Å². The van der Waals surface area contributed by atoms with Gasteiger partial charge in [0.2, 0.25) is 5.91 Å². The summed E-state index contributed by atoms with van der Waals surface area (Å²) < 4.78 is 6.49. The van der Waals surface area contributed by atoms with E-state index in [1.807, 2.05) is 5.06 Å². The van der Waals surface area contributed by atoms with E-state index in [-0.39, 0.29) is 23.0 Å². The van der Waals surface area contributed by atoms with Crippen LogP contribution in [0.15, 0.2) is 0 Å². The molecule has 0 unspecified atom stereocenters. The van der Waals surface area contributed by atoms with Crippen LogP contribution in [0.2, 0.25) is 18.1 Å². The topological polar surface area (TPSA) is 50.8 Å². The van der Waals surface area contributed by atoms with Crippen molar-refractivity contribution in [1.29, 1.82) is 0 Å². The molecule has 0 aromatic heterocycles. The number of carbonyl (C=O) groups is 1. The third kappa shape index (κ3) is 1.89. The van der Waals surface area contributed by atoms with E-state index in [0.717, 1.165) is 19.5 Å². The molecule has 3 aliphatic rings. The largest absolute Gasteiger partial charge is 0.412 e. The summed E-state index contributed by atoms with van der Waals surface area (Å²) >= 11 is 0. The molecule has 1 N–H and O–H groups in total. The fourth-order valence-electron chi connectivity index (χ4n) is 3.38. The highest BCUT2D eigenvalue weighted by Crippen LogP contribution is 2.47. The van der Waals surface area contributed by atoms with Gasteiger partial charge in [-0.3, -0.25) is 9.63 Å². The highest BCUT2D eigenvalue weighted by molar-refractivity contribution is 6.74. The second kappa shape index (κ2) is 4.29. The summed E-state index contributed by atoms with van der Waals surface area (Å²) in [5, 5.41) is 5.08. The molecule has 3 aliphatic heterocycles. The maximum Gasteiger partial charge on any atom is 0.243 e. The van der Waals surface area contributed by atoms with Crippen molar-refractivity contribution in [2.24, 2.45) is 5.92 Å². The molecule has 0 radical (unpaired) electrons. The maximum absolute atomic E-state index is 12.3. The zero-order chi connectivity index (χ0) is 14.8. The number of carbonyl (C=O) groups excluding carboxylic acids is 1. The number of hydrogen-bond acceptors (Lipinski definition) is 4. The molecule has 1 spiro atoms. The molecule has 3 rings (SSSR count). The van der Waals surface area contributed by atoms with Gasteiger partial charge in [0.25, 0.3) is 0 Å². The molecule has 0 aromatic rings. The van der Waals surface area contributed by atoms with Gasteiger partial charge in [0, 0.05) is 18.9 Å². The Labute approximate surface area is 122 Å². The van der Waals surface area contributed by atoms with E-state index < -0.39 is 13.9 Å². The predicted octanol–water partition coefficient (Wildman–Crippen LogP) is 1.51. The van der Waals surface area contributed by atoms with Crippen molar-refractivity contribution in [3.63, 3.8) is 0 Å².